The number of carbonyl (C=O) groups is 1. The van der Waals surface area contributed by atoms with Gasteiger partial charge in [-0.05, 0) is 54.0 Å². The molecule has 1 amide bonds. The number of amides is 1. The maximum absolute atomic E-state index is 14.7. The van der Waals surface area contributed by atoms with E-state index in [0.29, 0.717) is 23.1 Å². The summed E-state index contributed by atoms with van der Waals surface area (Å²) >= 11 is 0. The largest absolute Gasteiger partial charge is 0.339 e. The van der Waals surface area contributed by atoms with Gasteiger partial charge in [0.25, 0.3) is 0 Å². The van der Waals surface area contributed by atoms with Crippen LogP contribution in [-0.2, 0) is 18.3 Å². The molecular weight excluding hydrogens is 371 g/mol. The fourth-order valence-electron chi connectivity index (χ4n) is 4.42. The lowest BCUT2D eigenvalue weighted by molar-refractivity contribution is -0.124. The number of fused-ring (bicyclic) bond motifs is 2. The second-order valence-corrected chi connectivity index (χ2v) is 7.98. The van der Waals surface area contributed by atoms with Crippen molar-refractivity contribution in [2.75, 3.05) is 0 Å². The van der Waals surface area contributed by atoms with Crippen LogP contribution in [0.15, 0.2) is 41.3 Å². The Hall–Kier alpha value is -2.98. The Labute approximate surface area is 168 Å². The third-order valence-corrected chi connectivity index (χ3v) is 6.01. The van der Waals surface area contributed by atoms with E-state index in [1.807, 2.05) is 0 Å². The molecule has 4 rings (SSSR count). The fraction of sp³-hybridized carbons (Fsp3) is 0.409. The summed E-state index contributed by atoms with van der Waals surface area (Å²) in [5.41, 5.74) is 1.60. The van der Waals surface area contributed by atoms with Crippen molar-refractivity contribution < 1.29 is 9.18 Å². The van der Waals surface area contributed by atoms with Crippen LogP contribution < -0.4 is 16.2 Å². The number of hydrogen-bond donors (Lipinski definition) is 2. The van der Waals surface area contributed by atoms with Crippen molar-refractivity contribution in [2.24, 2.45) is 13.0 Å². The second-order valence-electron chi connectivity index (χ2n) is 7.98. The van der Waals surface area contributed by atoms with Gasteiger partial charge >= 0.3 is 0 Å². The van der Waals surface area contributed by atoms with Gasteiger partial charge in [0.1, 0.15) is 11.9 Å². The van der Waals surface area contributed by atoms with Crippen LogP contribution in [0.25, 0.3) is 11.1 Å². The first kappa shape index (κ1) is 19.3. The van der Waals surface area contributed by atoms with E-state index in [-0.39, 0.29) is 23.9 Å². The number of carbonyl (C=O) groups excluding carboxylic acids is 1. The highest BCUT2D eigenvalue weighted by Gasteiger charge is 2.43. The van der Waals surface area contributed by atoms with Crippen molar-refractivity contribution in [3.8, 4) is 17.2 Å². The van der Waals surface area contributed by atoms with Crippen LogP contribution in [-0.4, -0.2) is 28.6 Å². The molecule has 2 N–H and O–H groups in total. The van der Waals surface area contributed by atoms with Crippen molar-refractivity contribution >= 4 is 5.91 Å². The smallest absolute Gasteiger partial charge is 0.250 e. The SMILES string of the molecule is Cn1cc(-c2ccc(C[C@@H](C#N)NC(=O)[C@H]3N[C@@H]4CC[C@H]3C4)c(F)c2)ccc1=O. The molecule has 1 aliphatic carbocycles. The highest BCUT2D eigenvalue weighted by Crippen LogP contribution is 2.35. The summed E-state index contributed by atoms with van der Waals surface area (Å²) in [5, 5.41) is 15.5. The lowest BCUT2D eigenvalue weighted by Crippen LogP contribution is -2.50. The standard InChI is InChI=1S/C22H23FN4O2/c1-27-12-16(5-7-20(27)28)13-2-3-14(19(23)10-13)8-18(11-24)26-22(29)21-15-4-6-17(9-15)25-21/h2-3,5,7,10,12,15,17-18,21,25H,4,6,8-9H2,1H3,(H,26,29)/t15-,17+,18-,21-/m0/s1. The van der Waals surface area contributed by atoms with Gasteiger partial charge in [-0.1, -0.05) is 12.1 Å². The van der Waals surface area contributed by atoms with Gasteiger partial charge in [0, 0.05) is 31.8 Å². The van der Waals surface area contributed by atoms with Crippen LogP contribution in [0.5, 0.6) is 0 Å². The summed E-state index contributed by atoms with van der Waals surface area (Å²) in [6, 6.07) is 9.30. The van der Waals surface area contributed by atoms with Gasteiger partial charge in [-0.15, -0.1) is 0 Å². The van der Waals surface area contributed by atoms with Crippen LogP contribution in [0.1, 0.15) is 24.8 Å². The molecular formula is C22H23FN4O2. The molecule has 7 heteroatoms. The van der Waals surface area contributed by atoms with E-state index in [1.165, 1.54) is 16.7 Å². The van der Waals surface area contributed by atoms with E-state index in [4.69, 9.17) is 0 Å². The molecule has 4 atom stereocenters. The Morgan fingerprint density at radius 1 is 1.34 bits per heavy atom. The number of pyridine rings is 1. The van der Waals surface area contributed by atoms with E-state index in [1.54, 1.807) is 31.4 Å². The van der Waals surface area contributed by atoms with Gasteiger partial charge in [0.15, 0.2) is 0 Å². The number of aryl methyl sites for hydroxylation is 1. The Balaban J connectivity index is 1.45. The van der Waals surface area contributed by atoms with Gasteiger partial charge in [0.2, 0.25) is 11.5 Å². The van der Waals surface area contributed by atoms with E-state index >= 15 is 0 Å². The molecule has 2 fully saturated rings. The number of aromatic nitrogens is 1. The summed E-state index contributed by atoms with van der Waals surface area (Å²) in [7, 11) is 1.64. The number of nitrogens with one attached hydrogen (secondary N) is 2. The summed E-state index contributed by atoms with van der Waals surface area (Å²) in [6.07, 6.45) is 4.90. The number of halogens is 1. The minimum atomic E-state index is -0.790. The molecule has 2 bridgehead atoms. The van der Waals surface area contributed by atoms with Gasteiger partial charge in [-0.3, -0.25) is 9.59 Å². The number of benzene rings is 1. The van der Waals surface area contributed by atoms with Gasteiger partial charge in [-0.2, -0.15) is 5.26 Å². The number of hydrogen-bond acceptors (Lipinski definition) is 4. The quantitative estimate of drug-likeness (QED) is 0.811. The van der Waals surface area contributed by atoms with Crippen molar-refractivity contribution in [3.63, 3.8) is 0 Å². The van der Waals surface area contributed by atoms with Crippen LogP contribution in [0.2, 0.25) is 0 Å². The van der Waals surface area contributed by atoms with Gasteiger partial charge < -0.3 is 15.2 Å². The molecule has 0 spiro atoms. The first-order chi connectivity index (χ1) is 13.9. The first-order valence-electron chi connectivity index (χ1n) is 9.86. The zero-order valence-corrected chi connectivity index (χ0v) is 16.2. The van der Waals surface area contributed by atoms with E-state index in [2.05, 4.69) is 16.7 Å². The normalized spacial score (nSPS) is 23.6. The fourth-order valence-corrected chi connectivity index (χ4v) is 4.42. The molecule has 1 saturated carbocycles. The third-order valence-electron chi connectivity index (χ3n) is 6.01. The number of nitrogens with zero attached hydrogens (tertiary/aromatic N) is 2. The molecule has 1 aromatic heterocycles. The molecule has 1 aromatic carbocycles. The maximum atomic E-state index is 14.7. The number of nitriles is 1. The summed E-state index contributed by atoms with van der Waals surface area (Å²) in [4.78, 5) is 24.1. The summed E-state index contributed by atoms with van der Waals surface area (Å²) in [5.74, 6) is -0.285. The molecule has 0 unspecified atom stereocenters. The van der Waals surface area contributed by atoms with Gasteiger partial charge in [-0.25, -0.2) is 4.39 Å². The second kappa shape index (κ2) is 7.80. The van der Waals surface area contributed by atoms with Crippen molar-refractivity contribution in [3.05, 3.63) is 58.3 Å². The molecule has 0 radical (unpaired) electrons. The highest BCUT2D eigenvalue weighted by molar-refractivity contribution is 5.83. The van der Waals surface area contributed by atoms with Crippen molar-refractivity contribution in [2.45, 2.75) is 43.8 Å². The highest BCUT2D eigenvalue weighted by atomic mass is 19.1. The predicted molar refractivity (Wildman–Crippen MR) is 106 cm³/mol. The van der Waals surface area contributed by atoms with Gasteiger partial charge in [0.05, 0.1) is 12.1 Å². The van der Waals surface area contributed by atoms with Crippen LogP contribution in [0, 0.1) is 23.1 Å². The molecule has 2 heterocycles. The Morgan fingerprint density at radius 3 is 2.76 bits per heavy atom. The Bertz CT molecular complexity index is 1040. The first-order valence-corrected chi connectivity index (χ1v) is 9.86. The van der Waals surface area contributed by atoms with E-state index in [0.717, 1.165) is 24.8 Å². The predicted octanol–water partition coefficient (Wildman–Crippen LogP) is 1.88. The number of piperidine rings is 1. The van der Waals surface area contributed by atoms with Crippen LogP contribution >= 0.6 is 0 Å². The molecule has 29 heavy (non-hydrogen) atoms. The zero-order valence-electron chi connectivity index (χ0n) is 16.2. The minimum Gasteiger partial charge on any atom is -0.339 e. The summed E-state index contributed by atoms with van der Waals surface area (Å²) < 4.78 is 16.1. The molecule has 1 saturated heterocycles. The maximum Gasteiger partial charge on any atom is 0.250 e. The molecule has 1 aliphatic heterocycles. The minimum absolute atomic E-state index is 0.0996. The molecule has 2 aliphatic rings. The number of rotatable bonds is 5. The lowest BCUT2D eigenvalue weighted by Gasteiger charge is -2.23. The van der Waals surface area contributed by atoms with E-state index in [9.17, 15) is 19.2 Å². The average molecular weight is 394 g/mol. The Morgan fingerprint density at radius 2 is 2.14 bits per heavy atom. The van der Waals surface area contributed by atoms with Crippen LogP contribution in [0.3, 0.4) is 0 Å². The lowest BCUT2D eigenvalue weighted by atomic mass is 9.98. The monoisotopic (exact) mass is 394 g/mol. The zero-order chi connectivity index (χ0) is 20.5. The summed E-state index contributed by atoms with van der Waals surface area (Å²) in [6.45, 7) is 0. The molecule has 150 valence electrons. The Kier molecular flexibility index (Phi) is 5.20. The third kappa shape index (κ3) is 3.94. The van der Waals surface area contributed by atoms with Crippen molar-refractivity contribution in [1.29, 1.82) is 5.26 Å². The van der Waals surface area contributed by atoms with Crippen LogP contribution in [0.4, 0.5) is 4.39 Å². The average Bonchev–Trinajstić information content (AvgIpc) is 3.34. The topological polar surface area (TPSA) is 86.9 Å². The van der Waals surface area contributed by atoms with E-state index < -0.39 is 11.9 Å². The molecule has 2 aromatic rings. The molecule has 6 nitrogen and oxygen atoms in total. The van der Waals surface area contributed by atoms with Crippen molar-refractivity contribution in [1.82, 2.24) is 15.2 Å².